The van der Waals surface area contributed by atoms with Crippen LogP contribution in [0.1, 0.15) is 34.3 Å². The Morgan fingerprint density at radius 1 is 1.29 bits per heavy atom. The first-order valence-electron chi connectivity index (χ1n) is 8.98. The van der Waals surface area contributed by atoms with Crippen molar-refractivity contribution in [2.75, 3.05) is 0 Å². The van der Waals surface area contributed by atoms with Crippen LogP contribution in [-0.4, -0.2) is 31.4 Å². The van der Waals surface area contributed by atoms with Gasteiger partial charge in [0.2, 0.25) is 0 Å². The summed E-state index contributed by atoms with van der Waals surface area (Å²) in [6.45, 7) is 0. The predicted molar refractivity (Wildman–Crippen MR) is 101 cm³/mol. The van der Waals surface area contributed by atoms with Gasteiger partial charge in [-0.2, -0.15) is 5.26 Å². The number of hydrogen-bond acceptors (Lipinski definition) is 5. The maximum Gasteiger partial charge on any atom is 0.253 e. The second-order valence-corrected chi connectivity index (χ2v) is 8.04. The molecule has 2 unspecified atom stereocenters. The summed E-state index contributed by atoms with van der Waals surface area (Å²) in [4.78, 5) is 20.5. The highest BCUT2D eigenvalue weighted by Crippen LogP contribution is 2.60. The van der Waals surface area contributed by atoms with Gasteiger partial charge in [0.05, 0.1) is 39.8 Å². The molecule has 4 atom stereocenters. The Bertz CT molecular complexity index is 1140. The number of halogens is 1. The number of aromatic nitrogens is 3. The van der Waals surface area contributed by atoms with Crippen LogP contribution in [0, 0.1) is 23.2 Å². The van der Waals surface area contributed by atoms with Crippen molar-refractivity contribution in [1.29, 1.82) is 5.26 Å². The van der Waals surface area contributed by atoms with Gasteiger partial charge in [-0.3, -0.25) is 9.78 Å². The van der Waals surface area contributed by atoms with Crippen LogP contribution in [0.2, 0.25) is 5.02 Å². The molecule has 2 aliphatic rings. The standard InChI is InChI=1S/C20H16ClN5O2/c21-13-2-16(17-8-24-10-26(17)9-13)20(28)3-14-15(4-20)18(14)25-19(27)12-1-11(5-22)6-23-7-12/h1-2,6-10,14-15,18,28H,3-4H2,(H,25,27)/t14-,15+,18?,20?. The van der Waals surface area contributed by atoms with E-state index in [1.807, 2.05) is 10.5 Å². The van der Waals surface area contributed by atoms with Gasteiger partial charge in [0.1, 0.15) is 6.07 Å². The summed E-state index contributed by atoms with van der Waals surface area (Å²) in [6.07, 6.45) is 9.13. The van der Waals surface area contributed by atoms with Crippen LogP contribution >= 0.6 is 11.6 Å². The molecule has 8 heteroatoms. The molecule has 3 aromatic rings. The molecule has 0 saturated heterocycles. The summed E-state index contributed by atoms with van der Waals surface area (Å²) >= 11 is 6.21. The number of nitriles is 1. The fourth-order valence-corrected chi connectivity index (χ4v) is 4.74. The third-order valence-corrected chi connectivity index (χ3v) is 6.10. The zero-order chi connectivity index (χ0) is 19.5. The zero-order valence-corrected chi connectivity index (χ0v) is 15.5. The Balaban J connectivity index is 1.32. The Hall–Kier alpha value is -2.95. The number of carbonyl (C=O) groups excluding carboxylic acids is 1. The molecule has 0 bridgehead atoms. The van der Waals surface area contributed by atoms with Crippen molar-refractivity contribution in [1.82, 2.24) is 19.7 Å². The van der Waals surface area contributed by atoms with Crippen molar-refractivity contribution in [3.63, 3.8) is 0 Å². The Labute approximate surface area is 165 Å². The van der Waals surface area contributed by atoms with Crippen LogP contribution in [0.25, 0.3) is 5.52 Å². The first-order valence-corrected chi connectivity index (χ1v) is 9.36. The molecule has 2 fully saturated rings. The maximum absolute atomic E-state index is 12.5. The van der Waals surface area contributed by atoms with Gasteiger partial charge in [-0.1, -0.05) is 11.6 Å². The highest BCUT2D eigenvalue weighted by atomic mass is 35.5. The van der Waals surface area contributed by atoms with Gasteiger partial charge in [0.15, 0.2) is 0 Å². The molecule has 5 rings (SSSR count). The largest absolute Gasteiger partial charge is 0.385 e. The molecule has 3 heterocycles. The lowest BCUT2D eigenvalue weighted by Gasteiger charge is -2.27. The van der Waals surface area contributed by atoms with E-state index >= 15 is 0 Å². The van der Waals surface area contributed by atoms with Gasteiger partial charge in [-0.25, -0.2) is 4.98 Å². The van der Waals surface area contributed by atoms with E-state index in [4.69, 9.17) is 16.9 Å². The number of nitrogens with zero attached hydrogens (tertiary/aromatic N) is 4. The lowest BCUT2D eigenvalue weighted by atomic mass is 9.88. The maximum atomic E-state index is 12.5. The van der Waals surface area contributed by atoms with Crippen molar-refractivity contribution in [2.24, 2.45) is 11.8 Å². The Morgan fingerprint density at radius 2 is 2.07 bits per heavy atom. The molecule has 0 radical (unpaired) electrons. The molecular weight excluding hydrogens is 378 g/mol. The summed E-state index contributed by atoms with van der Waals surface area (Å²) < 4.78 is 1.81. The second-order valence-electron chi connectivity index (χ2n) is 7.60. The van der Waals surface area contributed by atoms with Crippen molar-refractivity contribution in [2.45, 2.75) is 24.5 Å². The fourth-order valence-electron chi connectivity index (χ4n) is 4.53. The number of aliphatic hydroxyl groups is 1. The van der Waals surface area contributed by atoms with Crippen molar-refractivity contribution in [3.8, 4) is 6.07 Å². The molecule has 7 nitrogen and oxygen atoms in total. The number of amides is 1. The van der Waals surface area contributed by atoms with Gasteiger partial charge in [0, 0.05) is 30.2 Å². The first-order chi connectivity index (χ1) is 13.5. The van der Waals surface area contributed by atoms with E-state index < -0.39 is 5.60 Å². The molecule has 0 spiro atoms. The zero-order valence-electron chi connectivity index (χ0n) is 14.7. The molecule has 28 heavy (non-hydrogen) atoms. The number of carbonyl (C=O) groups is 1. The smallest absolute Gasteiger partial charge is 0.253 e. The molecule has 2 N–H and O–H groups in total. The van der Waals surface area contributed by atoms with Crippen molar-refractivity contribution < 1.29 is 9.90 Å². The van der Waals surface area contributed by atoms with E-state index in [9.17, 15) is 9.90 Å². The summed E-state index contributed by atoms with van der Waals surface area (Å²) in [6, 6.07) is 5.34. The summed E-state index contributed by atoms with van der Waals surface area (Å²) in [5.41, 5.74) is 1.36. The SMILES string of the molecule is N#Cc1cncc(C(=O)NC2[C@H]3CC(O)(c4cc(Cl)cn5cncc45)C[C@@H]23)c1. The average molecular weight is 394 g/mol. The quantitative estimate of drug-likeness (QED) is 0.710. The molecule has 1 amide bonds. The van der Waals surface area contributed by atoms with Gasteiger partial charge in [0.25, 0.3) is 5.91 Å². The number of imidazole rings is 1. The lowest BCUT2D eigenvalue weighted by molar-refractivity contribution is 0.0289. The van der Waals surface area contributed by atoms with E-state index in [0.29, 0.717) is 29.0 Å². The van der Waals surface area contributed by atoms with E-state index in [1.165, 1.54) is 18.5 Å². The predicted octanol–water partition coefficient (Wildman–Crippen LogP) is 2.28. The molecule has 2 aliphatic carbocycles. The van der Waals surface area contributed by atoms with Crippen LogP contribution in [0.3, 0.4) is 0 Å². The van der Waals surface area contributed by atoms with Crippen LogP contribution in [0.15, 0.2) is 43.2 Å². The summed E-state index contributed by atoms with van der Waals surface area (Å²) in [5, 5.41) is 23.8. The van der Waals surface area contributed by atoms with Crippen molar-refractivity contribution >= 4 is 23.0 Å². The topological polar surface area (TPSA) is 103 Å². The summed E-state index contributed by atoms with van der Waals surface area (Å²) in [5.74, 6) is 0.180. The minimum Gasteiger partial charge on any atom is -0.385 e. The van der Waals surface area contributed by atoms with Gasteiger partial charge < -0.3 is 14.8 Å². The monoisotopic (exact) mass is 393 g/mol. The number of nitrogens with one attached hydrogen (secondary N) is 1. The van der Waals surface area contributed by atoms with E-state index in [1.54, 1.807) is 24.8 Å². The van der Waals surface area contributed by atoms with Gasteiger partial charge in [-0.15, -0.1) is 0 Å². The Kier molecular flexibility index (Phi) is 3.69. The normalized spacial score (nSPS) is 28.0. The van der Waals surface area contributed by atoms with E-state index in [2.05, 4.69) is 15.3 Å². The van der Waals surface area contributed by atoms with Crippen LogP contribution in [0.4, 0.5) is 0 Å². The highest BCUT2D eigenvalue weighted by Gasteiger charge is 2.62. The number of hydrogen-bond donors (Lipinski definition) is 2. The molecule has 3 aromatic heterocycles. The molecule has 140 valence electrons. The third kappa shape index (κ3) is 2.65. The van der Waals surface area contributed by atoms with Crippen LogP contribution < -0.4 is 5.32 Å². The second kappa shape index (κ2) is 6.03. The molecule has 0 aromatic carbocycles. The molecule has 2 saturated carbocycles. The molecule has 0 aliphatic heterocycles. The van der Waals surface area contributed by atoms with Crippen LogP contribution in [-0.2, 0) is 5.60 Å². The average Bonchev–Trinajstić information content (AvgIpc) is 3.06. The van der Waals surface area contributed by atoms with Crippen LogP contribution in [0.5, 0.6) is 0 Å². The van der Waals surface area contributed by atoms with Gasteiger partial charge in [-0.05, 0) is 36.8 Å². The van der Waals surface area contributed by atoms with Crippen molar-refractivity contribution in [3.05, 3.63) is 65.0 Å². The minimum atomic E-state index is -0.981. The minimum absolute atomic E-state index is 0.0265. The van der Waals surface area contributed by atoms with E-state index in [0.717, 1.165) is 11.1 Å². The van der Waals surface area contributed by atoms with Gasteiger partial charge >= 0.3 is 0 Å². The third-order valence-electron chi connectivity index (χ3n) is 5.89. The summed E-state index contributed by atoms with van der Waals surface area (Å²) in [7, 11) is 0. The first kappa shape index (κ1) is 17.2. The lowest BCUT2D eigenvalue weighted by Crippen LogP contribution is -2.33. The highest BCUT2D eigenvalue weighted by molar-refractivity contribution is 6.30. The number of fused-ring (bicyclic) bond motifs is 2. The Morgan fingerprint density at radius 3 is 2.82 bits per heavy atom. The fraction of sp³-hybridized carbons (Fsp3) is 0.300. The molecular formula is C20H16ClN5O2. The van der Waals surface area contributed by atoms with E-state index in [-0.39, 0.29) is 23.8 Å². The number of pyridine rings is 2. The number of rotatable bonds is 3.